The predicted molar refractivity (Wildman–Crippen MR) is 91.5 cm³/mol. The molecule has 0 aliphatic heterocycles. The van der Waals surface area contributed by atoms with Crippen molar-refractivity contribution >= 4 is 28.0 Å². The molecule has 0 saturated heterocycles. The Bertz CT molecular complexity index is 883. The van der Waals surface area contributed by atoms with Gasteiger partial charge in [-0.2, -0.15) is 0 Å². The molecule has 0 atom stereocenters. The minimum Gasteiger partial charge on any atom is -0.497 e. The minimum absolute atomic E-state index is 0.117. The third-order valence-corrected chi connectivity index (χ3v) is 3.55. The molecule has 7 nitrogen and oxygen atoms in total. The molecule has 0 unspecified atom stereocenters. The normalized spacial score (nSPS) is 11.0. The molecule has 0 radical (unpaired) electrons. The molecule has 0 N–H and O–H groups in total. The third kappa shape index (κ3) is 4.57. The zero-order chi connectivity index (χ0) is 17.6. The zero-order valence-electron chi connectivity index (χ0n) is 13.1. The molecular weight excluding hydrogens is 392 g/mol. The molecule has 2 heterocycles. The molecule has 0 bridgehead atoms. The SMILES string of the molecule is COc1ccc(-c2nnc(COC(=O)/C=C/c3ccc(Br)o3)o2)cc1. The van der Waals surface area contributed by atoms with Crippen LogP contribution in [0.3, 0.4) is 0 Å². The average molecular weight is 405 g/mol. The summed E-state index contributed by atoms with van der Waals surface area (Å²) in [5.41, 5.74) is 0.745. The van der Waals surface area contributed by atoms with Crippen LogP contribution < -0.4 is 4.74 Å². The zero-order valence-corrected chi connectivity index (χ0v) is 14.7. The number of hydrogen-bond acceptors (Lipinski definition) is 7. The lowest BCUT2D eigenvalue weighted by Crippen LogP contribution is -2.00. The molecule has 8 heteroatoms. The highest BCUT2D eigenvalue weighted by atomic mass is 79.9. The molecule has 0 aliphatic carbocycles. The smallest absolute Gasteiger partial charge is 0.331 e. The van der Waals surface area contributed by atoms with Gasteiger partial charge < -0.3 is 18.3 Å². The van der Waals surface area contributed by atoms with Crippen LogP contribution in [-0.2, 0) is 16.1 Å². The van der Waals surface area contributed by atoms with Crippen LogP contribution in [0.4, 0.5) is 0 Å². The van der Waals surface area contributed by atoms with E-state index in [0.717, 1.165) is 11.3 Å². The summed E-state index contributed by atoms with van der Waals surface area (Å²) in [6.07, 6.45) is 2.76. The Kier molecular flexibility index (Phi) is 5.30. The summed E-state index contributed by atoms with van der Waals surface area (Å²) in [7, 11) is 1.59. The van der Waals surface area contributed by atoms with Crippen LogP contribution in [0, 0.1) is 0 Å². The lowest BCUT2D eigenvalue weighted by atomic mass is 10.2. The van der Waals surface area contributed by atoms with E-state index in [4.69, 9.17) is 18.3 Å². The topological polar surface area (TPSA) is 87.6 Å². The maximum Gasteiger partial charge on any atom is 0.331 e. The fourth-order valence-corrected chi connectivity index (χ4v) is 2.23. The van der Waals surface area contributed by atoms with Gasteiger partial charge in [-0.25, -0.2) is 4.79 Å². The van der Waals surface area contributed by atoms with Crippen LogP contribution in [0.25, 0.3) is 17.5 Å². The van der Waals surface area contributed by atoms with Gasteiger partial charge in [0.25, 0.3) is 5.89 Å². The number of nitrogens with zero attached hydrogens (tertiary/aromatic N) is 2. The number of esters is 1. The van der Waals surface area contributed by atoms with E-state index in [0.29, 0.717) is 16.3 Å². The Morgan fingerprint density at radius 1 is 1.16 bits per heavy atom. The number of halogens is 1. The number of methoxy groups -OCH3 is 1. The molecule has 2 aromatic heterocycles. The largest absolute Gasteiger partial charge is 0.497 e. The van der Waals surface area contributed by atoms with Crippen molar-refractivity contribution in [2.24, 2.45) is 0 Å². The molecule has 1 aromatic carbocycles. The Balaban J connectivity index is 1.55. The maximum atomic E-state index is 11.7. The van der Waals surface area contributed by atoms with Crippen molar-refractivity contribution in [2.75, 3.05) is 7.11 Å². The number of hydrogen-bond donors (Lipinski definition) is 0. The van der Waals surface area contributed by atoms with E-state index in [9.17, 15) is 4.79 Å². The first-order valence-electron chi connectivity index (χ1n) is 7.21. The van der Waals surface area contributed by atoms with Crippen molar-refractivity contribution in [3.8, 4) is 17.2 Å². The second-order valence-corrected chi connectivity index (χ2v) is 5.59. The van der Waals surface area contributed by atoms with Gasteiger partial charge in [-0.15, -0.1) is 10.2 Å². The van der Waals surface area contributed by atoms with Crippen LogP contribution in [0.5, 0.6) is 5.75 Å². The number of benzene rings is 1. The molecule has 0 saturated carbocycles. The first-order valence-corrected chi connectivity index (χ1v) is 8.00. The number of aromatic nitrogens is 2. The molecule has 3 aromatic rings. The van der Waals surface area contributed by atoms with Crippen molar-refractivity contribution in [2.45, 2.75) is 6.61 Å². The van der Waals surface area contributed by atoms with Gasteiger partial charge in [-0.1, -0.05) is 0 Å². The Hall–Kier alpha value is -2.87. The van der Waals surface area contributed by atoms with Gasteiger partial charge in [0.05, 0.1) is 7.11 Å². The molecule has 0 amide bonds. The summed E-state index contributed by atoms with van der Waals surface area (Å²) in [6, 6.07) is 10.6. The highest BCUT2D eigenvalue weighted by Crippen LogP contribution is 2.21. The number of furan rings is 1. The summed E-state index contributed by atoms with van der Waals surface area (Å²) >= 11 is 3.18. The average Bonchev–Trinajstić information content (AvgIpc) is 3.27. The van der Waals surface area contributed by atoms with E-state index < -0.39 is 5.97 Å². The van der Waals surface area contributed by atoms with E-state index in [2.05, 4.69) is 26.1 Å². The summed E-state index contributed by atoms with van der Waals surface area (Å²) < 4.78 is 21.4. The summed E-state index contributed by atoms with van der Waals surface area (Å²) in [6.45, 7) is -0.117. The molecule has 0 spiro atoms. The standard InChI is InChI=1S/C17H13BrN2O5/c1-22-12-4-2-11(3-5-12)17-20-19-15(25-17)10-23-16(21)9-7-13-6-8-14(18)24-13/h2-9H,10H2,1H3/b9-7+. The minimum atomic E-state index is -0.545. The van der Waals surface area contributed by atoms with E-state index in [1.807, 2.05) is 0 Å². The molecule has 0 aliphatic rings. The van der Waals surface area contributed by atoms with Crippen LogP contribution >= 0.6 is 15.9 Å². The van der Waals surface area contributed by atoms with Gasteiger partial charge in [0.15, 0.2) is 11.3 Å². The van der Waals surface area contributed by atoms with Crippen LogP contribution in [0.1, 0.15) is 11.7 Å². The van der Waals surface area contributed by atoms with Gasteiger partial charge in [-0.05, 0) is 58.4 Å². The second-order valence-electron chi connectivity index (χ2n) is 4.81. The van der Waals surface area contributed by atoms with E-state index in [1.54, 1.807) is 43.5 Å². The van der Waals surface area contributed by atoms with Crippen LogP contribution in [0.15, 0.2) is 56.0 Å². The number of rotatable bonds is 6. The lowest BCUT2D eigenvalue weighted by Gasteiger charge is -1.99. The van der Waals surface area contributed by atoms with Crippen molar-refractivity contribution in [3.05, 3.63) is 58.8 Å². The Labute approximate surface area is 151 Å². The van der Waals surface area contributed by atoms with Crippen LogP contribution in [0.2, 0.25) is 0 Å². The highest BCUT2D eigenvalue weighted by molar-refractivity contribution is 9.10. The van der Waals surface area contributed by atoms with E-state index >= 15 is 0 Å². The summed E-state index contributed by atoms with van der Waals surface area (Å²) in [5.74, 6) is 1.26. The number of carbonyl (C=O) groups is 1. The summed E-state index contributed by atoms with van der Waals surface area (Å²) in [5, 5.41) is 7.78. The second kappa shape index (κ2) is 7.80. The van der Waals surface area contributed by atoms with Crippen molar-refractivity contribution in [1.82, 2.24) is 10.2 Å². The fraction of sp³-hybridized carbons (Fsp3) is 0.118. The van der Waals surface area contributed by atoms with Gasteiger partial charge in [0, 0.05) is 11.6 Å². The van der Waals surface area contributed by atoms with Gasteiger partial charge >= 0.3 is 5.97 Å². The third-order valence-electron chi connectivity index (χ3n) is 3.12. The Morgan fingerprint density at radius 2 is 1.96 bits per heavy atom. The predicted octanol–water partition coefficient (Wildman–Crippen LogP) is 3.86. The van der Waals surface area contributed by atoms with Crippen LogP contribution in [-0.4, -0.2) is 23.3 Å². The van der Waals surface area contributed by atoms with Crippen molar-refractivity contribution in [1.29, 1.82) is 0 Å². The van der Waals surface area contributed by atoms with Crippen molar-refractivity contribution in [3.63, 3.8) is 0 Å². The lowest BCUT2D eigenvalue weighted by molar-refractivity contribution is -0.139. The Morgan fingerprint density at radius 3 is 2.64 bits per heavy atom. The molecule has 25 heavy (non-hydrogen) atoms. The first kappa shape index (κ1) is 17.0. The summed E-state index contributed by atoms with van der Waals surface area (Å²) in [4.78, 5) is 11.7. The van der Waals surface area contributed by atoms with E-state index in [1.165, 1.54) is 12.2 Å². The first-order chi connectivity index (χ1) is 12.1. The number of carbonyl (C=O) groups excluding carboxylic acids is 1. The highest BCUT2D eigenvalue weighted by Gasteiger charge is 2.10. The van der Waals surface area contributed by atoms with E-state index in [-0.39, 0.29) is 12.5 Å². The molecule has 128 valence electrons. The van der Waals surface area contributed by atoms with Gasteiger partial charge in [0.2, 0.25) is 5.89 Å². The molecule has 0 fully saturated rings. The quantitative estimate of drug-likeness (QED) is 0.455. The number of ether oxygens (including phenoxy) is 2. The molecule has 3 rings (SSSR count). The maximum absolute atomic E-state index is 11.7. The van der Waals surface area contributed by atoms with Gasteiger partial charge in [-0.3, -0.25) is 0 Å². The fourth-order valence-electron chi connectivity index (χ4n) is 1.91. The van der Waals surface area contributed by atoms with Gasteiger partial charge in [0.1, 0.15) is 11.5 Å². The monoisotopic (exact) mass is 404 g/mol. The molecular formula is C17H13BrN2O5. The van der Waals surface area contributed by atoms with Crippen molar-refractivity contribution < 1.29 is 23.1 Å².